The average Bonchev–Trinajstić information content (AvgIpc) is 3.53. The molecule has 0 amide bonds. The Bertz CT molecular complexity index is 1510. The van der Waals surface area contributed by atoms with Gasteiger partial charge in [-0.05, 0) is 98.7 Å². The second-order valence-electron chi connectivity index (χ2n) is 13.5. The van der Waals surface area contributed by atoms with Crippen molar-refractivity contribution in [3.05, 3.63) is 28.4 Å². The molecule has 188 valence electrons. The Morgan fingerprint density at radius 1 is 1.08 bits per heavy atom. The lowest BCUT2D eigenvalue weighted by Gasteiger charge is -2.60. The van der Waals surface area contributed by atoms with Crippen LogP contribution in [-0.2, 0) is 23.8 Å². The van der Waals surface area contributed by atoms with Gasteiger partial charge in [0, 0.05) is 10.3 Å². The molecule has 0 aromatic carbocycles. The average molecular weight is 503 g/mol. The maximum Gasteiger partial charge on any atom is 0.171 e. The van der Waals surface area contributed by atoms with E-state index in [4.69, 9.17) is 20.2 Å². The van der Waals surface area contributed by atoms with E-state index < -0.39 is 0 Å². The highest BCUT2D eigenvalue weighted by Gasteiger charge is 2.61. The van der Waals surface area contributed by atoms with Crippen LogP contribution in [0.4, 0.5) is 0 Å². The van der Waals surface area contributed by atoms with Gasteiger partial charge < -0.3 is 0 Å². The topological polar surface area (TPSA) is 86.7 Å². The van der Waals surface area contributed by atoms with Crippen LogP contribution in [0.25, 0.3) is 15.9 Å². The predicted octanol–water partition coefficient (Wildman–Crippen LogP) is 5.03. The van der Waals surface area contributed by atoms with E-state index in [-0.39, 0.29) is 11.0 Å². The van der Waals surface area contributed by atoms with E-state index in [9.17, 15) is 0 Å². The third-order valence-electron chi connectivity index (χ3n) is 10.1. The van der Waals surface area contributed by atoms with E-state index >= 15 is 0 Å². The van der Waals surface area contributed by atoms with Crippen molar-refractivity contribution in [1.29, 1.82) is 0 Å². The lowest BCUT2D eigenvalue weighted by atomic mass is 9.46. The molecule has 4 heterocycles. The quantitative estimate of drug-likeness (QED) is 0.382. The van der Waals surface area contributed by atoms with Crippen molar-refractivity contribution in [2.24, 2.45) is 23.2 Å². The molecule has 5 aliphatic rings. The Morgan fingerprint density at radius 2 is 1.89 bits per heavy atom. The van der Waals surface area contributed by atoms with Gasteiger partial charge in [0.1, 0.15) is 11.2 Å². The molecule has 4 aromatic heterocycles. The molecule has 4 saturated carbocycles. The van der Waals surface area contributed by atoms with Gasteiger partial charge in [-0.1, -0.05) is 20.8 Å². The van der Waals surface area contributed by atoms with Gasteiger partial charge in [0.05, 0.1) is 10.9 Å². The van der Waals surface area contributed by atoms with E-state index in [0.717, 1.165) is 60.1 Å². The Hall–Kier alpha value is -2.42. The van der Waals surface area contributed by atoms with E-state index in [1.807, 2.05) is 33.9 Å². The number of hydrogen-bond acceptors (Lipinski definition) is 7. The van der Waals surface area contributed by atoms with Crippen molar-refractivity contribution < 1.29 is 0 Å². The Balaban J connectivity index is 1.24. The van der Waals surface area contributed by atoms with Gasteiger partial charge in [0.25, 0.3) is 0 Å². The first-order valence-electron chi connectivity index (χ1n) is 13.6. The molecule has 0 saturated heterocycles. The minimum Gasteiger partial charge on any atom is -0.225 e. The van der Waals surface area contributed by atoms with Gasteiger partial charge in [-0.15, -0.1) is 26.6 Å². The summed E-state index contributed by atoms with van der Waals surface area (Å²) in [6, 6.07) is 0. The molecule has 0 spiro atoms. The highest BCUT2D eigenvalue weighted by molar-refractivity contribution is 7.19. The van der Waals surface area contributed by atoms with E-state index in [1.165, 1.54) is 41.5 Å². The number of hydrogen-bond donors (Lipinski definition) is 0. The fraction of sp³-hybridized carbons (Fsp3) is 0.704. The second kappa shape index (κ2) is 6.91. The van der Waals surface area contributed by atoms with Gasteiger partial charge in [-0.2, -0.15) is 4.80 Å². The zero-order valence-electron chi connectivity index (χ0n) is 21.7. The fourth-order valence-electron chi connectivity index (χ4n) is 8.73. The van der Waals surface area contributed by atoms with Gasteiger partial charge in [0.2, 0.25) is 0 Å². The normalized spacial score (nSPS) is 33.6. The second-order valence-corrected chi connectivity index (χ2v) is 14.6. The first kappa shape index (κ1) is 21.6. The van der Waals surface area contributed by atoms with E-state index in [2.05, 4.69) is 31.1 Å². The SMILES string of the molecule is Cc1nnn(C23C[C@H]4C[C@@H](CC(c5nc6c7c8c(sc7ncn6n5)C[C@H](C(C)(C)C)CC8)(C4)C2)C3)n1. The zero-order valence-corrected chi connectivity index (χ0v) is 22.5. The van der Waals surface area contributed by atoms with Crippen molar-refractivity contribution >= 4 is 27.2 Å². The molecule has 5 aliphatic carbocycles. The van der Waals surface area contributed by atoms with Gasteiger partial charge in [-0.3, -0.25) is 0 Å². The molecule has 3 atom stereocenters. The summed E-state index contributed by atoms with van der Waals surface area (Å²) in [5, 5.41) is 19.9. The third kappa shape index (κ3) is 2.92. The third-order valence-corrected chi connectivity index (χ3v) is 11.2. The first-order chi connectivity index (χ1) is 17.2. The molecule has 36 heavy (non-hydrogen) atoms. The molecule has 0 aliphatic heterocycles. The summed E-state index contributed by atoms with van der Waals surface area (Å²) in [7, 11) is 0. The highest BCUT2D eigenvalue weighted by atomic mass is 32.1. The molecule has 9 rings (SSSR count). The molecule has 0 radical (unpaired) electrons. The lowest BCUT2D eigenvalue weighted by molar-refractivity contribution is -0.0785. The number of aromatic nitrogens is 8. The van der Waals surface area contributed by atoms with Gasteiger partial charge in [-0.25, -0.2) is 14.5 Å². The van der Waals surface area contributed by atoms with Crippen LogP contribution in [0.3, 0.4) is 0 Å². The first-order valence-corrected chi connectivity index (χ1v) is 14.5. The number of fused-ring (bicyclic) bond motifs is 5. The summed E-state index contributed by atoms with van der Waals surface area (Å²) in [4.78, 5) is 14.8. The molecular formula is C27H34N8S. The summed E-state index contributed by atoms with van der Waals surface area (Å²) in [5.41, 5.74) is 2.79. The standard InChI is InChI=1S/C27H34N8S/c1-15-30-33-35(31-15)27-11-16-7-17(12-27)10-26(9-16,13-27)24-29-22-21-19-6-5-18(25(2,3)4)8-20(19)36-23(21)28-14-34(22)32-24/h14,16-18H,5-13H2,1-4H3/t16-,17-,18+,26?,27?/m0/s1. The van der Waals surface area contributed by atoms with Crippen molar-refractivity contribution in [3.8, 4) is 0 Å². The number of tetrazole rings is 1. The highest BCUT2D eigenvalue weighted by Crippen LogP contribution is 2.64. The summed E-state index contributed by atoms with van der Waals surface area (Å²) < 4.78 is 1.98. The minimum absolute atomic E-state index is 0.00260. The Morgan fingerprint density at radius 3 is 2.61 bits per heavy atom. The van der Waals surface area contributed by atoms with Crippen LogP contribution in [0, 0.1) is 30.1 Å². The van der Waals surface area contributed by atoms with Gasteiger partial charge in [0.15, 0.2) is 17.3 Å². The van der Waals surface area contributed by atoms with Crippen LogP contribution < -0.4 is 0 Å². The summed E-state index contributed by atoms with van der Waals surface area (Å²) >= 11 is 1.88. The zero-order chi connectivity index (χ0) is 24.4. The molecule has 4 bridgehead atoms. The van der Waals surface area contributed by atoms with Crippen LogP contribution in [-0.4, -0.2) is 39.8 Å². The number of rotatable bonds is 2. The monoisotopic (exact) mass is 502 g/mol. The summed E-state index contributed by atoms with van der Waals surface area (Å²) in [5.74, 6) is 3.88. The molecule has 4 aromatic rings. The number of nitrogens with zero attached hydrogens (tertiary/aromatic N) is 8. The van der Waals surface area contributed by atoms with Gasteiger partial charge >= 0.3 is 0 Å². The molecule has 9 heteroatoms. The molecule has 4 fully saturated rings. The smallest absolute Gasteiger partial charge is 0.171 e. The summed E-state index contributed by atoms with van der Waals surface area (Å²) in [6.07, 6.45) is 12.4. The minimum atomic E-state index is -0.0418. The number of aryl methyl sites for hydroxylation is 2. The van der Waals surface area contributed by atoms with Crippen LogP contribution in [0.1, 0.15) is 87.8 Å². The lowest BCUT2D eigenvalue weighted by Crippen LogP contribution is -2.59. The summed E-state index contributed by atoms with van der Waals surface area (Å²) in [6.45, 7) is 9.08. The van der Waals surface area contributed by atoms with Crippen molar-refractivity contribution in [2.75, 3.05) is 0 Å². The van der Waals surface area contributed by atoms with Crippen molar-refractivity contribution in [2.45, 2.75) is 96.4 Å². The Labute approximate surface area is 214 Å². The van der Waals surface area contributed by atoms with E-state index in [1.54, 1.807) is 0 Å². The maximum absolute atomic E-state index is 5.36. The number of thiophene rings is 1. The molecule has 8 nitrogen and oxygen atoms in total. The van der Waals surface area contributed by atoms with Crippen molar-refractivity contribution in [1.82, 2.24) is 39.8 Å². The van der Waals surface area contributed by atoms with Crippen LogP contribution in [0.15, 0.2) is 6.33 Å². The Kier molecular flexibility index (Phi) is 4.15. The molecule has 0 N–H and O–H groups in total. The fourth-order valence-corrected chi connectivity index (χ4v) is 9.99. The molecule has 0 unspecified atom stereocenters. The molecular weight excluding hydrogens is 468 g/mol. The van der Waals surface area contributed by atoms with E-state index in [0.29, 0.717) is 17.3 Å². The van der Waals surface area contributed by atoms with Crippen LogP contribution in [0.5, 0.6) is 0 Å². The van der Waals surface area contributed by atoms with Crippen LogP contribution >= 0.6 is 11.3 Å². The predicted molar refractivity (Wildman–Crippen MR) is 138 cm³/mol. The maximum atomic E-state index is 5.36. The van der Waals surface area contributed by atoms with Crippen molar-refractivity contribution in [3.63, 3.8) is 0 Å². The van der Waals surface area contributed by atoms with Crippen LogP contribution in [0.2, 0.25) is 0 Å². The largest absolute Gasteiger partial charge is 0.225 e.